The molecule has 0 saturated heterocycles. The van der Waals surface area contributed by atoms with Gasteiger partial charge in [0, 0.05) is 38.0 Å². The van der Waals surface area contributed by atoms with Crippen molar-refractivity contribution in [3.8, 4) is 0 Å². The molecule has 2 aromatic rings. The van der Waals surface area contributed by atoms with Crippen molar-refractivity contribution in [3.05, 3.63) is 34.8 Å². The average Bonchev–Trinajstić information content (AvgIpc) is 3.18. The number of nitrogens with zero attached hydrogens (tertiary/aromatic N) is 5. The summed E-state index contributed by atoms with van der Waals surface area (Å²) >= 11 is 6.25. The van der Waals surface area contributed by atoms with E-state index in [0.717, 1.165) is 23.0 Å². The number of aryl methyl sites for hydroxylation is 1. The molecule has 1 saturated carbocycles. The van der Waals surface area contributed by atoms with Gasteiger partial charge < -0.3 is 9.47 Å². The standard InChI is InChI=1S/C14H18ClN5/c1-9-12(15)17-13(10-4-5-10)18-14(9)20(3)8-11-16-6-7-19(11)2/h6-7,10H,4-5,8H2,1-3H3. The van der Waals surface area contributed by atoms with E-state index >= 15 is 0 Å². The summed E-state index contributed by atoms with van der Waals surface area (Å²) in [5.41, 5.74) is 0.924. The number of aromatic nitrogens is 4. The van der Waals surface area contributed by atoms with Crippen molar-refractivity contribution in [2.24, 2.45) is 7.05 Å². The van der Waals surface area contributed by atoms with Gasteiger partial charge in [-0.15, -0.1) is 0 Å². The Kier molecular flexibility index (Phi) is 3.38. The summed E-state index contributed by atoms with van der Waals surface area (Å²) in [4.78, 5) is 15.5. The molecule has 0 unspecified atom stereocenters. The van der Waals surface area contributed by atoms with Crippen molar-refractivity contribution in [1.82, 2.24) is 19.5 Å². The minimum absolute atomic E-state index is 0.494. The molecule has 0 N–H and O–H groups in total. The molecular formula is C14H18ClN5. The van der Waals surface area contributed by atoms with Crippen LogP contribution in [0.2, 0.25) is 5.15 Å². The van der Waals surface area contributed by atoms with Crippen LogP contribution in [0.1, 0.15) is 36.0 Å². The van der Waals surface area contributed by atoms with E-state index in [1.165, 1.54) is 12.8 Å². The number of halogens is 1. The van der Waals surface area contributed by atoms with Gasteiger partial charge in [0.15, 0.2) is 0 Å². The van der Waals surface area contributed by atoms with E-state index in [2.05, 4.69) is 14.9 Å². The zero-order valence-corrected chi connectivity index (χ0v) is 12.7. The van der Waals surface area contributed by atoms with Gasteiger partial charge in [-0.2, -0.15) is 0 Å². The Hall–Kier alpha value is -1.62. The molecule has 2 heterocycles. The quantitative estimate of drug-likeness (QED) is 0.813. The van der Waals surface area contributed by atoms with Crippen molar-refractivity contribution in [3.63, 3.8) is 0 Å². The lowest BCUT2D eigenvalue weighted by molar-refractivity contribution is 0.747. The molecule has 0 amide bonds. The molecule has 5 nitrogen and oxygen atoms in total. The van der Waals surface area contributed by atoms with Crippen molar-refractivity contribution < 1.29 is 0 Å². The second-order valence-corrected chi connectivity index (χ2v) is 5.76. The molecule has 0 aliphatic heterocycles. The van der Waals surface area contributed by atoms with Gasteiger partial charge >= 0.3 is 0 Å². The van der Waals surface area contributed by atoms with E-state index < -0.39 is 0 Å². The first-order valence-electron chi connectivity index (χ1n) is 6.77. The lowest BCUT2D eigenvalue weighted by atomic mass is 10.3. The number of hydrogen-bond acceptors (Lipinski definition) is 4. The van der Waals surface area contributed by atoms with E-state index in [9.17, 15) is 0 Å². The Morgan fingerprint density at radius 1 is 1.40 bits per heavy atom. The molecule has 1 fully saturated rings. The van der Waals surface area contributed by atoms with Crippen molar-refractivity contribution in [2.75, 3.05) is 11.9 Å². The summed E-state index contributed by atoms with van der Waals surface area (Å²) < 4.78 is 2.01. The van der Waals surface area contributed by atoms with Crippen LogP contribution >= 0.6 is 11.6 Å². The molecule has 20 heavy (non-hydrogen) atoms. The Morgan fingerprint density at radius 3 is 2.75 bits per heavy atom. The Labute approximate surface area is 123 Å². The van der Waals surface area contributed by atoms with Crippen LogP contribution in [0.5, 0.6) is 0 Å². The van der Waals surface area contributed by atoms with Crippen LogP contribution in [0.15, 0.2) is 12.4 Å². The zero-order valence-electron chi connectivity index (χ0n) is 12.0. The van der Waals surface area contributed by atoms with E-state index in [4.69, 9.17) is 16.6 Å². The van der Waals surface area contributed by atoms with E-state index in [0.29, 0.717) is 17.6 Å². The molecule has 0 atom stereocenters. The molecule has 2 aromatic heterocycles. The second kappa shape index (κ2) is 5.05. The normalized spacial score (nSPS) is 14.6. The van der Waals surface area contributed by atoms with Crippen molar-refractivity contribution >= 4 is 17.4 Å². The fraction of sp³-hybridized carbons (Fsp3) is 0.500. The molecule has 0 radical (unpaired) electrons. The van der Waals surface area contributed by atoms with Crippen LogP contribution in [-0.2, 0) is 13.6 Å². The molecule has 0 aromatic carbocycles. The van der Waals surface area contributed by atoms with Crippen LogP contribution < -0.4 is 4.90 Å². The highest BCUT2D eigenvalue weighted by atomic mass is 35.5. The minimum atomic E-state index is 0.494. The Morgan fingerprint density at radius 2 is 2.15 bits per heavy atom. The largest absolute Gasteiger partial charge is 0.352 e. The summed E-state index contributed by atoms with van der Waals surface area (Å²) in [7, 11) is 4.00. The number of anilines is 1. The Bertz CT molecular complexity index is 632. The van der Waals surface area contributed by atoms with Gasteiger partial charge in [-0.05, 0) is 19.8 Å². The second-order valence-electron chi connectivity index (χ2n) is 5.41. The Balaban J connectivity index is 1.90. The maximum atomic E-state index is 6.25. The lowest BCUT2D eigenvalue weighted by Gasteiger charge is -2.21. The summed E-state index contributed by atoms with van der Waals surface area (Å²) in [6.45, 7) is 2.66. The molecule has 0 bridgehead atoms. The topological polar surface area (TPSA) is 46.8 Å². The molecule has 6 heteroatoms. The van der Waals surface area contributed by atoms with E-state index in [-0.39, 0.29) is 0 Å². The molecule has 1 aliphatic rings. The third-order valence-corrected chi connectivity index (χ3v) is 4.05. The highest BCUT2D eigenvalue weighted by Gasteiger charge is 2.28. The minimum Gasteiger partial charge on any atom is -0.352 e. The van der Waals surface area contributed by atoms with Gasteiger partial charge in [-0.25, -0.2) is 15.0 Å². The highest BCUT2D eigenvalue weighted by molar-refractivity contribution is 6.30. The third-order valence-electron chi connectivity index (χ3n) is 3.68. The smallest absolute Gasteiger partial charge is 0.137 e. The lowest BCUT2D eigenvalue weighted by Crippen LogP contribution is -2.22. The molecule has 0 spiro atoms. The fourth-order valence-corrected chi connectivity index (χ4v) is 2.40. The average molecular weight is 292 g/mol. The van der Waals surface area contributed by atoms with Crippen molar-refractivity contribution in [2.45, 2.75) is 32.2 Å². The van der Waals surface area contributed by atoms with Crippen LogP contribution in [0.25, 0.3) is 0 Å². The van der Waals surface area contributed by atoms with Gasteiger partial charge in [0.25, 0.3) is 0 Å². The van der Waals surface area contributed by atoms with Crippen LogP contribution in [-0.4, -0.2) is 26.6 Å². The predicted octanol–water partition coefficient (Wildman–Crippen LogP) is 2.69. The number of hydrogen-bond donors (Lipinski definition) is 0. The summed E-state index contributed by atoms with van der Waals surface area (Å²) in [5, 5.41) is 0.559. The van der Waals surface area contributed by atoms with Crippen molar-refractivity contribution in [1.29, 1.82) is 0 Å². The van der Waals surface area contributed by atoms with Gasteiger partial charge in [-0.1, -0.05) is 11.6 Å². The summed E-state index contributed by atoms with van der Waals surface area (Å²) in [6.07, 6.45) is 6.08. The monoisotopic (exact) mass is 291 g/mol. The van der Waals surface area contributed by atoms with Gasteiger partial charge in [0.1, 0.15) is 22.6 Å². The zero-order chi connectivity index (χ0) is 14.3. The first-order valence-corrected chi connectivity index (χ1v) is 7.15. The first kappa shape index (κ1) is 13.4. The fourth-order valence-electron chi connectivity index (χ4n) is 2.23. The van der Waals surface area contributed by atoms with E-state index in [1.54, 1.807) is 6.20 Å². The summed E-state index contributed by atoms with van der Waals surface area (Å²) in [5.74, 6) is 3.26. The van der Waals surface area contributed by atoms with Crippen LogP contribution in [0, 0.1) is 6.92 Å². The number of rotatable bonds is 4. The van der Waals surface area contributed by atoms with Crippen LogP contribution in [0.4, 0.5) is 5.82 Å². The molecule has 106 valence electrons. The van der Waals surface area contributed by atoms with Gasteiger partial charge in [0.05, 0.1) is 6.54 Å². The maximum absolute atomic E-state index is 6.25. The maximum Gasteiger partial charge on any atom is 0.137 e. The highest BCUT2D eigenvalue weighted by Crippen LogP contribution is 2.39. The van der Waals surface area contributed by atoms with Crippen LogP contribution in [0.3, 0.4) is 0 Å². The predicted molar refractivity (Wildman–Crippen MR) is 79.1 cm³/mol. The van der Waals surface area contributed by atoms with Gasteiger partial charge in [0.2, 0.25) is 0 Å². The van der Waals surface area contributed by atoms with E-state index in [1.807, 2.05) is 31.8 Å². The summed E-state index contributed by atoms with van der Waals surface area (Å²) in [6, 6.07) is 0. The first-order chi connectivity index (χ1) is 9.56. The molecule has 3 rings (SSSR count). The van der Waals surface area contributed by atoms with Gasteiger partial charge in [-0.3, -0.25) is 0 Å². The third kappa shape index (κ3) is 2.50. The molecule has 1 aliphatic carbocycles. The SMILES string of the molecule is Cc1c(Cl)nc(C2CC2)nc1N(C)Cc1nccn1C. The number of imidazole rings is 1. The molecular weight excluding hydrogens is 274 g/mol.